The van der Waals surface area contributed by atoms with E-state index in [0.717, 1.165) is 25.9 Å². The number of rotatable bonds is 3. The number of methoxy groups -OCH3 is 1. The van der Waals surface area contributed by atoms with Crippen molar-refractivity contribution in [3.63, 3.8) is 0 Å². The van der Waals surface area contributed by atoms with Gasteiger partial charge in [-0.15, -0.1) is 0 Å². The first-order valence-corrected chi connectivity index (χ1v) is 8.22. The Labute approximate surface area is 129 Å². The van der Waals surface area contributed by atoms with Gasteiger partial charge in [-0.1, -0.05) is 24.8 Å². The molecule has 0 saturated carbocycles. The molecular weight excluding hydrogens is 346 g/mol. The molecule has 0 atom stereocenters. The Bertz CT molecular complexity index is 570. The van der Waals surface area contributed by atoms with Gasteiger partial charge in [0, 0.05) is 0 Å². The first kappa shape index (κ1) is 14.7. The van der Waals surface area contributed by atoms with Crippen molar-refractivity contribution in [3.8, 4) is 5.75 Å². The molecule has 0 N–H and O–H groups in total. The zero-order chi connectivity index (χ0) is 13.8. The largest absolute Gasteiger partial charge is 0.496 e. The van der Waals surface area contributed by atoms with Crippen LogP contribution in [0.2, 0.25) is 0 Å². The molecule has 0 saturated heterocycles. The van der Waals surface area contributed by atoms with Crippen LogP contribution in [0.15, 0.2) is 33.4 Å². The lowest BCUT2D eigenvalue weighted by Crippen LogP contribution is -1.89. The van der Waals surface area contributed by atoms with Gasteiger partial charge in [0.15, 0.2) is 0 Å². The second-order valence-electron chi connectivity index (χ2n) is 3.62. The van der Waals surface area contributed by atoms with Gasteiger partial charge in [-0.2, -0.15) is 0 Å². The molecule has 0 spiro atoms. The van der Waals surface area contributed by atoms with E-state index in [1.165, 1.54) is 11.8 Å². The van der Waals surface area contributed by atoms with E-state index in [0.29, 0.717) is 5.70 Å². The van der Waals surface area contributed by atoms with Crippen LogP contribution in [-0.4, -0.2) is 22.4 Å². The molecule has 0 radical (unpaired) electrons. The number of carbonyl (C=O) groups is 1. The van der Waals surface area contributed by atoms with Gasteiger partial charge in [-0.05, 0) is 57.2 Å². The average Bonchev–Trinajstić information content (AvgIpc) is 2.70. The van der Waals surface area contributed by atoms with Crippen LogP contribution in [-0.2, 0) is 4.79 Å². The summed E-state index contributed by atoms with van der Waals surface area (Å²) in [6.07, 6.45) is 1.79. The first-order valence-electron chi connectivity index (χ1n) is 5.63. The fourth-order valence-corrected chi connectivity index (χ4v) is 3.80. The summed E-state index contributed by atoms with van der Waals surface area (Å²) in [5.41, 5.74) is 1.42. The van der Waals surface area contributed by atoms with Crippen LogP contribution < -0.4 is 4.74 Å². The summed E-state index contributed by atoms with van der Waals surface area (Å²) in [5.74, 6) is 1.68. The van der Waals surface area contributed by atoms with E-state index in [4.69, 9.17) is 4.74 Å². The molecule has 0 unspecified atom stereocenters. The molecule has 2 rings (SSSR count). The van der Waals surface area contributed by atoms with Crippen molar-refractivity contribution in [3.05, 3.63) is 33.9 Å². The number of halogens is 1. The molecule has 0 aromatic heterocycles. The predicted molar refractivity (Wildman–Crippen MR) is 86.8 cm³/mol. The molecule has 0 amide bonds. The number of ether oxygens (including phenoxy) is 1. The Morgan fingerprint density at radius 1 is 1.53 bits per heavy atom. The molecule has 0 aliphatic carbocycles. The summed E-state index contributed by atoms with van der Waals surface area (Å²) in [7, 11) is 1.62. The van der Waals surface area contributed by atoms with Crippen LogP contribution in [0, 0.1) is 0 Å². The molecule has 1 heterocycles. The summed E-state index contributed by atoms with van der Waals surface area (Å²) in [6.45, 7) is 2.04. The number of hydrogen-bond donors (Lipinski definition) is 0. The van der Waals surface area contributed by atoms with Crippen LogP contribution >= 0.6 is 39.5 Å². The number of benzene rings is 1. The van der Waals surface area contributed by atoms with Gasteiger partial charge in [-0.25, -0.2) is 4.99 Å². The summed E-state index contributed by atoms with van der Waals surface area (Å²) < 4.78 is 6.85. The van der Waals surface area contributed by atoms with Crippen molar-refractivity contribution in [2.75, 3.05) is 12.9 Å². The van der Waals surface area contributed by atoms with E-state index < -0.39 is 0 Å². The Balaban J connectivity index is 2.26. The standard InChI is InChI=1S/C13H12BrNO2S2/c1-3-18-13-15-10(12(16)19-13)7-8-4-5-11(17-2)9(14)6-8/h4-7H,3H2,1-2H3/b10-7-. The minimum absolute atomic E-state index is 0.00268. The van der Waals surface area contributed by atoms with Gasteiger partial charge in [0.05, 0.1) is 11.6 Å². The van der Waals surface area contributed by atoms with E-state index in [2.05, 4.69) is 20.9 Å². The molecule has 6 heteroatoms. The van der Waals surface area contributed by atoms with Gasteiger partial charge in [0.2, 0.25) is 5.12 Å². The highest BCUT2D eigenvalue weighted by Crippen LogP contribution is 2.32. The number of nitrogens with zero attached hydrogens (tertiary/aromatic N) is 1. The number of carbonyl (C=O) groups excluding carboxylic acids is 1. The highest BCUT2D eigenvalue weighted by Gasteiger charge is 2.21. The smallest absolute Gasteiger partial charge is 0.244 e. The minimum atomic E-state index is 0.00268. The molecular formula is C13H12BrNO2S2. The molecule has 3 nitrogen and oxygen atoms in total. The third-order valence-corrected chi connectivity index (χ3v) is 4.86. The summed E-state index contributed by atoms with van der Waals surface area (Å²) >= 11 is 6.21. The van der Waals surface area contributed by atoms with E-state index in [9.17, 15) is 4.79 Å². The molecule has 19 heavy (non-hydrogen) atoms. The molecule has 1 aromatic rings. The van der Waals surface area contributed by atoms with Crippen molar-refractivity contribution in [2.24, 2.45) is 4.99 Å². The van der Waals surface area contributed by atoms with Crippen molar-refractivity contribution in [1.29, 1.82) is 0 Å². The van der Waals surface area contributed by atoms with Crippen LogP contribution in [0.4, 0.5) is 0 Å². The Morgan fingerprint density at radius 3 is 2.95 bits per heavy atom. The molecule has 1 aromatic carbocycles. The second kappa shape index (κ2) is 6.63. The monoisotopic (exact) mass is 357 g/mol. The number of hydrogen-bond acceptors (Lipinski definition) is 5. The van der Waals surface area contributed by atoms with Crippen LogP contribution in [0.1, 0.15) is 12.5 Å². The average molecular weight is 358 g/mol. The van der Waals surface area contributed by atoms with Gasteiger partial charge in [-0.3, -0.25) is 4.79 Å². The van der Waals surface area contributed by atoms with E-state index in [1.807, 2.05) is 25.1 Å². The van der Waals surface area contributed by atoms with Gasteiger partial charge in [0.25, 0.3) is 0 Å². The molecule has 1 aliphatic rings. The van der Waals surface area contributed by atoms with E-state index in [-0.39, 0.29) is 5.12 Å². The van der Waals surface area contributed by atoms with Gasteiger partial charge in [0.1, 0.15) is 15.8 Å². The minimum Gasteiger partial charge on any atom is -0.496 e. The summed E-state index contributed by atoms with van der Waals surface area (Å²) in [5, 5.41) is 0.00268. The Morgan fingerprint density at radius 2 is 2.32 bits per heavy atom. The highest BCUT2D eigenvalue weighted by molar-refractivity contribution is 9.10. The van der Waals surface area contributed by atoms with Gasteiger partial charge >= 0.3 is 0 Å². The first-order chi connectivity index (χ1) is 9.13. The predicted octanol–water partition coefficient (Wildman–Crippen LogP) is 4.18. The van der Waals surface area contributed by atoms with Crippen LogP contribution in [0.25, 0.3) is 6.08 Å². The Kier molecular flexibility index (Phi) is 5.13. The van der Waals surface area contributed by atoms with Crippen molar-refractivity contribution >= 4 is 55.0 Å². The second-order valence-corrected chi connectivity index (χ2v) is 6.95. The highest BCUT2D eigenvalue weighted by atomic mass is 79.9. The van der Waals surface area contributed by atoms with Crippen molar-refractivity contribution in [1.82, 2.24) is 0 Å². The summed E-state index contributed by atoms with van der Waals surface area (Å²) in [4.78, 5) is 16.1. The van der Waals surface area contributed by atoms with E-state index in [1.54, 1.807) is 24.9 Å². The lowest BCUT2D eigenvalue weighted by atomic mass is 10.2. The maximum Gasteiger partial charge on any atom is 0.244 e. The molecule has 0 fully saturated rings. The fraction of sp³-hybridized carbons (Fsp3) is 0.231. The number of aliphatic imine (C=N–C) groups is 1. The van der Waals surface area contributed by atoms with Crippen LogP contribution in [0.3, 0.4) is 0 Å². The SMILES string of the molecule is CCSC1=N/C(=C\c2ccc(OC)c(Br)c2)C(=O)S1. The summed E-state index contributed by atoms with van der Waals surface area (Å²) in [6, 6.07) is 5.66. The molecule has 0 bridgehead atoms. The van der Waals surface area contributed by atoms with Gasteiger partial charge < -0.3 is 4.74 Å². The maximum atomic E-state index is 11.8. The molecule has 1 aliphatic heterocycles. The fourth-order valence-electron chi connectivity index (χ4n) is 1.51. The van der Waals surface area contributed by atoms with Crippen molar-refractivity contribution < 1.29 is 9.53 Å². The lowest BCUT2D eigenvalue weighted by Gasteiger charge is -2.03. The normalized spacial score (nSPS) is 16.9. The molecule has 100 valence electrons. The zero-order valence-corrected chi connectivity index (χ0v) is 13.7. The number of thioether (sulfide) groups is 2. The lowest BCUT2D eigenvalue weighted by molar-refractivity contribution is -0.107. The maximum absolute atomic E-state index is 11.8. The topological polar surface area (TPSA) is 38.7 Å². The van der Waals surface area contributed by atoms with Crippen LogP contribution in [0.5, 0.6) is 5.75 Å². The van der Waals surface area contributed by atoms with E-state index >= 15 is 0 Å². The quantitative estimate of drug-likeness (QED) is 0.760. The zero-order valence-electron chi connectivity index (χ0n) is 10.5. The Hall–Kier alpha value is -0.720. The van der Waals surface area contributed by atoms with Crippen molar-refractivity contribution in [2.45, 2.75) is 6.92 Å². The third-order valence-electron chi connectivity index (χ3n) is 2.35. The third kappa shape index (κ3) is 3.64.